The highest BCUT2D eigenvalue weighted by molar-refractivity contribution is 6.07. The lowest BCUT2D eigenvalue weighted by atomic mass is 10.1. The number of carbonyl (C=O) groups excluding carboxylic acids is 1. The third-order valence-electron chi connectivity index (χ3n) is 3.20. The zero-order valence-corrected chi connectivity index (χ0v) is 12.7. The van der Waals surface area contributed by atoms with Gasteiger partial charge in [0.15, 0.2) is 17.3 Å². The number of hydrogen-bond acceptors (Lipinski definition) is 5. The highest BCUT2D eigenvalue weighted by Gasteiger charge is 2.18. The molecule has 0 fully saturated rings. The fourth-order valence-corrected chi connectivity index (χ4v) is 2.04. The number of ketones is 1. The lowest BCUT2D eigenvalue weighted by Gasteiger charge is -2.08. The van der Waals surface area contributed by atoms with Gasteiger partial charge in [0.2, 0.25) is 0 Å². The van der Waals surface area contributed by atoms with E-state index in [1.807, 2.05) is 0 Å². The first-order valence-electron chi connectivity index (χ1n) is 6.74. The molecule has 6 nitrogen and oxygen atoms in total. The second-order valence-corrected chi connectivity index (χ2v) is 4.59. The fourth-order valence-electron chi connectivity index (χ4n) is 2.04. The molecule has 0 atom stereocenters. The van der Waals surface area contributed by atoms with Gasteiger partial charge in [0.25, 0.3) is 5.69 Å². The molecule has 0 amide bonds. The quantitative estimate of drug-likeness (QED) is 0.353. The lowest BCUT2D eigenvalue weighted by Crippen LogP contribution is -1.97. The van der Waals surface area contributed by atoms with Crippen LogP contribution >= 0.6 is 0 Å². The third-order valence-corrected chi connectivity index (χ3v) is 3.20. The predicted molar refractivity (Wildman–Crippen MR) is 86.0 cm³/mol. The molecule has 6 heteroatoms. The molecule has 0 unspecified atom stereocenters. The fraction of sp³-hybridized carbons (Fsp3) is 0.118. The van der Waals surface area contributed by atoms with E-state index in [-0.39, 0.29) is 22.8 Å². The van der Waals surface area contributed by atoms with Crippen molar-refractivity contribution in [3.05, 3.63) is 69.8 Å². The van der Waals surface area contributed by atoms with Gasteiger partial charge in [-0.3, -0.25) is 14.9 Å². The summed E-state index contributed by atoms with van der Waals surface area (Å²) in [5, 5.41) is 11.2. The Labute approximate surface area is 133 Å². The second kappa shape index (κ2) is 7.22. The number of hydrogen-bond donors (Lipinski definition) is 0. The first kappa shape index (κ1) is 16.2. The predicted octanol–water partition coefficient (Wildman–Crippen LogP) is 3.51. The van der Waals surface area contributed by atoms with Crippen LogP contribution in [0.3, 0.4) is 0 Å². The Bertz CT molecular complexity index is 753. The van der Waals surface area contributed by atoms with Crippen LogP contribution in [-0.2, 0) is 0 Å². The van der Waals surface area contributed by atoms with Crippen LogP contribution < -0.4 is 9.47 Å². The van der Waals surface area contributed by atoms with E-state index in [0.717, 1.165) is 0 Å². The molecule has 2 rings (SSSR count). The van der Waals surface area contributed by atoms with E-state index < -0.39 is 4.92 Å². The molecule has 2 aromatic rings. The summed E-state index contributed by atoms with van der Waals surface area (Å²) in [6.07, 6.45) is 2.69. The van der Waals surface area contributed by atoms with Gasteiger partial charge in [-0.1, -0.05) is 30.3 Å². The summed E-state index contributed by atoms with van der Waals surface area (Å²) in [5.41, 5.74) is 0.601. The molecule has 0 aliphatic carbocycles. The SMILES string of the molecule is COc1cc(/C=C\C(=O)c2ccccc2)c([N+](=O)[O-])cc1OC. The van der Waals surface area contributed by atoms with Crippen LogP contribution in [0.1, 0.15) is 15.9 Å². The summed E-state index contributed by atoms with van der Waals surface area (Å²) < 4.78 is 10.2. The summed E-state index contributed by atoms with van der Waals surface area (Å²) in [6, 6.07) is 11.4. The van der Waals surface area contributed by atoms with Gasteiger partial charge < -0.3 is 9.47 Å². The average Bonchev–Trinajstić information content (AvgIpc) is 2.59. The topological polar surface area (TPSA) is 78.7 Å². The van der Waals surface area contributed by atoms with Crippen molar-refractivity contribution < 1.29 is 19.2 Å². The zero-order chi connectivity index (χ0) is 16.8. The molecule has 118 valence electrons. The van der Waals surface area contributed by atoms with Crippen molar-refractivity contribution in [2.75, 3.05) is 14.2 Å². The van der Waals surface area contributed by atoms with E-state index >= 15 is 0 Å². The maximum atomic E-state index is 12.1. The molecule has 2 aromatic carbocycles. The molecule has 0 aliphatic heterocycles. The zero-order valence-electron chi connectivity index (χ0n) is 12.7. The van der Waals surface area contributed by atoms with Crippen molar-refractivity contribution in [1.29, 1.82) is 0 Å². The van der Waals surface area contributed by atoms with Crippen LogP contribution in [0.15, 0.2) is 48.5 Å². The minimum atomic E-state index is -0.533. The molecule has 0 aromatic heterocycles. The summed E-state index contributed by atoms with van der Waals surface area (Å²) >= 11 is 0. The van der Waals surface area contributed by atoms with Crippen LogP contribution in [0.5, 0.6) is 11.5 Å². The molecular formula is C17H15NO5. The van der Waals surface area contributed by atoms with Crippen LogP contribution in [0.2, 0.25) is 0 Å². The molecule has 0 heterocycles. The minimum Gasteiger partial charge on any atom is -0.493 e. The minimum absolute atomic E-state index is 0.167. The van der Waals surface area contributed by atoms with Crippen molar-refractivity contribution in [2.45, 2.75) is 0 Å². The second-order valence-electron chi connectivity index (χ2n) is 4.59. The van der Waals surface area contributed by atoms with E-state index in [1.54, 1.807) is 30.3 Å². The Morgan fingerprint density at radius 1 is 1.09 bits per heavy atom. The van der Waals surface area contributed by atoms with Crippen LogP contribution in [0, 0.1) is 10.1 Å². The Morgan fingerprint density at radius 3 is 2.26 bits per heavy atom. The van der Waals surface area contributed by atoms with Gasteiger partial charge >= 0.3 is 0 Å². The smallest absolute Gasteiger partial charge is 0.280 e. The number of methoxy groups -OCH3 is 2. The monoisotopic (exact) mass is 313 g/mol. The van der Waals surface area contributed by atoms with E-state index in [1.165, 1.54) is 38.5 Å². The van der Waals surface area contributed by atoms with Crippen molar-refractivity contribution in [3.8, 4) is 11.5 Å². The Balaban J connectivity index is 2.40. The van der Waals surface area contributed by atoms with Gasteiger partial charge in [-0.15, -0.1) is 0 Å². The number of carbonyl (C=O) groups is 1. The number of nitro groups is 1. The van der Waals surface area contributed by atoms with E-state index in [2.05, 4.69) is 0 Å². The van der Waals surface area contributed by atoms with Crippen molar-refractivity contribution >= 4 is 17.5 Å². The van der Waals surface area contributed by atoms with Crippen molar-refractivity contribution in [1.82, 2.24) is 0 Å². The normalized spacial score (nSPS) is 10.5. The molecule has 0 saturated carbocycles. The molecule has 0 aliphatic rings. The molecule has 23 heavy (non-hydrogen) atoms. The molecule has 0 bridgehead atoms. The summed E-state index contributed by atoms with van der Waals surface area (Å²) in [4.78, 5) is 22.7. The number of allylic oxidation sites excluding steroid dienone is 1. The number of ether oxygens (including phenoxy) is 2. The highest BCUT2D eigenvalue weighted by Crippen LogP contribution is 2.35. The summed E-state index contributed by atoms with van der Waals surface area (Å²) in [7, 11) is 2.84. The first-order chi connectivity index (χ1) is 11.1. The molecule has 0 saturated heterocycles. The largest absolute Gasteiger partial charge is 0.493 e. The Hall–Kier alpha value is -3.15. The van der Waals surface area contributed by atoms with Gasteiger partial charge in [-0.25, -0.2) is 0 Å². The molecule has 0 spiro atoms. The van der Waals surface area contributed by atoms with E-state index in [0.29, 0.717) is 11.3 Å². The van der Waals surface area contributed by atoms with Gasteiger partial charge in [-0.2, -0.15) is 0 Å². The molecule has 0 N–H and O–H groups in total. The van der Waals surface area contributed by atoms with E-state index in [9.17, 15) is 14.9 Å². The highest BCUT2D eigenvalue weighted by atomic mass is 16.6. The Morgan fingerprint density at radius 2 is 1.70 bits per heavy atom. The third kappa shape index (κ3) is 3.74. The standard InChI is InChI=1S/C17H15NO5/c1-22-16-10-13(14(18(20)21)11-17(16)23-2)8-9-15(19)12-6-4-3-5-7-12/h3-11H,1-2H3/b9-8-. The molecular weight excluding hydrogens is 298 g/mol. The lowest BCUT2D eigenvalue weighted by molar-refractivity contribution is -0.385. The summed E-state index contributed by atoms with van der Waals surface area (Å²) in [5.74, 6) is 0.366. The summed E-state index contributed by atoms with van der Waals surface area (Å²) in [6.45, 7) is 0. The van der Waals surface area contributed by atoms with Crippen molar-refractivity contribution in [3.63, 3.8) is 0 Å². The van der Waals surface area contributed by atoms with Gasteiger partial charge in [0.1, 0.15) is 0 Å². The first-order valence-corrected chi connectivity index (χ1v) is 6.74. The maximum absolute atomic E-state index is 12.1. The number of nitro benzene ring substituents is 1. The van der Waals surface area contributed by atoms with Crippen molar-refractivity contribution in [2.24, 2.45) is 0 Å². The molecule has 0 radical (unpaired) electrons. The van der Waals surface area contributed by atoms with Crippen LogP contribution in [0.25, 0.3) is 6.08 Å². The van der Waals surface area contributed by atoms with Gasteiger partial charge in [0, 0.05) is 5.56 Å². The van der Waals surface area contributed by atoms with Gasteiger partial charge in [0.05, 0.1) is 30.8 Å². The maximum Gasteiger partial charge on any atom is 0.280 e. The number of benzene rings is 2. The average molecular weight is 313 g/mol. The Kier molecular flexibility index (Phi) is 5.09. The van der Waals surface area contributed by atoms with Crippen LogP contribution in [-0.4, -0.2) is 24.9 Å². The number of nitrogens with zero attached hydrogens (tertiary/aromatic N) is 1. The van der Waals surface area contributed by atoms with Gasteiger partial charge in [-0.05, 0) is 18.2 Å². The van der Waals surface area contributed by atoms with E-state index in [4.69, 9.17) is 9.47 Å². The number of rotatable bonds is 6. The van der Waals surface area contributed by atoms with Crippen LogP contribution in [0.4, 0.5) is 5.69 Å².